The number of likely N-dealkylation sites (N-methyl/N-ethyl adjacent to an activating group) is 1. The van der Waals surface area contributed by atoms with Crippen molar-refractivity contribution in [2.75, 3.05) is 26.2 Å². The quantitative estimate of drug-likeness (QED) is 0.697. The predicted octanol–water partition coefficient (Wildman–Crippen LogP) is 2.42. The molecule has 1 aromatic heterocycles. The number of amides is 1. The SMILES string of the molecule is CCN(CC)CC(O)CNC(=O)c1c(-c2ccccc2)c[nH]c1C. The summed E-state index contributed by atoms with van der Waals surface area (Å²) in [5.41, 5.74) is 3.33. The van der Waals surface area contributed by atoms with Gasteiger partial charge in [0.25, 0.3) is 5.91 Å². The molecule has 2 rings (SSSR count). The highest BCUT2D eigenvalue weighted by Gasteiger charge is 2.18. The van der Waals surface area contributed by atoms with Crippen LogP contribution in [0.25, 0.3) is 11.1 Å². The summed E-state index contributed by atoms with van der Waals surface area (Å²) in [6.07, 6.45) is 1.28. The maximum absolute atomic E-state index is 12.6. The highest BCUT2D eigenvalue weighted by molar-refractivity contribution is 6.02. The van der Waals surface area contributed by atoms with Gasteiger partial charge in [-0.3, -0.25) is 4.79 Å². The maximum Gasteiger partial charge on any atom is 0.253 e. The summed E-state index contributed by atoms with van der Waals surface area (Å²) in [4.78, 5) is 17.9. The zero-order valence-corrected chi connectivity index (χ0v) is 14.7. The molecule has 1 unspecified atom stereocenters. The van der Waals surface area contributed by atoms with Crippen molar-refractivity contribution in [1.29, 1.82) is 0 Å². The van der Waals surface area contributed by atoms with Crippen LogP contribution in [0, 0.1) is 6.92 Å². The second-order valence-electron chi connectivity index (χ2n) is 5.92. The van der Waals surface area contributed by atoms with Crippen molar-refractivity contribution in [2.45, 2.75) is 26.9 Å². The molecule has 3 N–H and O–H groups in total. The molecule has 130 valence electrons. The number of carbonyl (C=O) groups is 1. The van der Waals surface area contributed by atoms with Crippen LogP contribution in [-0.4, -0.2) is 53.2 Å². The Kier molecular flexibility index (Phi) is 6.58. The smallest absolute Gasteiger partial charge is 0.253 e. The molecule has 1 amide bonds. The van der Waals surface area contributed by atoms with E-state index in [1.165, 1.54) is 0 Å². The Morgan fingerprint density at radius 2 is 1.92 bits per heavy atom. The molecule has 5 nitrogen and oxygen atoms in total. The Morgan fingerprint density at radius 3 is 2.54 bits per heavy atom. The average Bonchev–Trinajstić information content (AvgIpc) is 3.00. The van der Waals surface area contributed by atoms with E-state index >= 15 is 0 Å². The van der Waals surface area contributed by atoms with Crippen LogP contribution in [0.2, 0.25) is 0 Å². The highest BCUT2D eigenvalue weighted by Crippen LogP contribution is 2.25. The van der Waals surface area contributed by atoms with Gasteiger partial charge in [0.2, 0.25) is 0 Å². The van der Waals surface area contributed by atoms with Crippen molar-refractivity contribution in [3.8, 4) is 11.1 Å². The third kappa shape index (κ3) is 4.46. The van der Waals surface area contributed by atoms with E-state index in [4.69, 9.17) is 0 Å². The lowest BCUT2D eigenvalue weighted by atomic mass is 10.0. The topological polar surface area (TPSA) is 68.4 Å². The van der Waals surface area contributed by atoms with E-state index in [0.29, 0.717) is 12.1 Å². The number of hydrogen-bond donors (Lipinski definition) is 3. The molecule has 0 spiro atoms. The summed E-state index contributed by atoms with van der Waals surface area (Å²) in [6, 6.07) is 9.82. The van der Waals surface area contributed by atoms with Gasteiger partial charge in [-0.1, -0.05) is 44.2 Å². The molecule has 0 bridgehead atoms. The minimum atomic E-state index is -0.576. The zero-order valence-electron chi connectivity index (χ0n) is 14.7. The molecule has 0 radical (unpaired) electrons. The number of hydrogen-bond acceptors (Lipinski definition) is 3. The number of aromatic nitrogens is 1. The Balaban J connectivity index is 2.04. The van der Waals surface area contributed by atoms with Crippen molar-refractivity contribution in [1.82, 2.24) is 15.2 Å². The van der Waals surface area contributed by atoms with Crippen molar-refractivity contribution >= 4 is 5.91 Å². The molecule has 0 saturated carbocycles. The molecule has 2 aromatic rings. The number of aryl methyl sites for hydroxylation is 1. The monoisotopic (exact) mass is 329 g/mol. The van der Waals surface area contributed by atoms with E-state index in [1.807, 2.05) is 43.5 Å². The van der Waals surface area contributed by atoms with Crippen LogP contribution in [0.1, 0.15) is 29.9 Å². The summed E-state index contributed by atoms with van der Waals surface area (Å²) in [5.74, 6) is -0.161. The number of benzene rings is 1. The van der Waals surface area contributed by atoms with Gasteiger partial charge in [0.1, 0.15) is 0 Å². The second kappa shape index (κ2) is 8.66. The first-order valence-corrected chi connectivity index (χ1v) is 8.48. The lowest BCUT2D eigenvalue weighted by molar-refractivity contribution is 0.0869. The first-order chi connectivity index (χ1) is 11.6. The number of aromatic amines is 1. The molecular formula is C19H27N3O2. The number of nitrogens with zero attached hydrogens (tertiary/aromatic N) is 1. The summed E-state index contributed by atoms with van der Waals surface area (Å²) in [7, 11) is 0. The van der Waals surface area contributed by atoms with E-state index < -0.39 is 6.10 Å². The van der Waals surface area contributed by atoms with E-state index in [2.05, 4.69) is 29.0 Å². The van der Waals surface area contributed by atoms with Crippen LogP contribution < -0.4 is 5.32 Å². The van der Waals surface area contributed by atoms with Crippen LogP contribution in [0.3, 0.4) is 0 Å². The van der Waals surface area contributed by atoms with Gasteiger partial charge in [0.05, 0.1) is 11.7 Å². The lowest BCUT2D eigenvalue weighted by Gasteiger charge is -2.22. The fraction of sp³-hybridized carbons (Fsp3) is 0.421. The number of nitrogens with one attached hydrogen (secondary N) is 2. The molecule has 5 heteroatoms. The first kappa shape index (κ1) is 18.2. The van der Waals surface area contributed by atoms with E-state index in [1.54, 1.807) is 0 Å². The minimum absolute atomic E-state index is 0.161. The number of H-pyrrole nitrogens is 1. The molecular weight excluding hydrogens is 302 g/mol. The number of carbonyl (C=O) groups excluding carboxylic acids is 1. The Morgan fingerprint density at radius 1 is 1.25 bits per heavy atom. The molecule has 1 heterocycles. The fourth-order valence-electron chi connectivity index (χ4n) is 2.81. The van der Waals surface area contributed by atoms with Gasteiger partial charge in [-0.05, 0) is 25.6 Å². The summed E-state index contributed by atoms with van der Waals surface area (Å²) < 4.78 is 0. The van der Waals surface area contributed by atoms with Gasteiger partial charge in [-0.2, -0.15) is 0 Å². The molecule has 0 aliphatic heterocycles. The number of rotatable bonds is 8. The molecule has 0 saturated heterocycles. The van der Waals surface area contributed by atoms with Gasteiger partial charge in [-0.25, -0.2) is 0 Å². The molecule has 24 heavy (non-hydrogen) atoms. The Labute approximate surface area is 143 Å². The Bertz CT molecular complexity index is 648. The van der Waals surface area contributed by atoms with Gasteiger partial charge >= 0.3 is 0 Å². The normalized spacial score (nSPS) is 12.4. The summed E-state index contributed by atoms with van der Waals surface area (Å²) >= 11 is 0. The van der Waals surface area contributed by atoms with Gasteiger partial charge in [-0.15, -0.1) is 0 Å². The third-order valence-electron chi connectivity index (χ3n) is 4.25. The second-order valence-corrected chi connectivity index (χ2v) is 5.92. The molecule has 1 atom stereocenters. The van der Waals surface area contributed by atoms with Crippen molar-refractivity contribution in [3.63, 3.8) is 0 Å². The van der Waals surface area contributed by atoms with Gasteiger partial charge < -0.3 is 20.3 Å². The average molecular weight is 329 g/mol. The van der Waals surface area contributed by atoms with Crippen molar-refractivity contribution in [3.05, 3.63) is 47.8 Å². The van der Waals surface area contributed by atoms with Gasteiger partial charge in [0, 0.05) is 30.5 Å². The maximum atomic E-state index is 12.6. The fourth-order valence-corrected chi connectivity index (χ4v) is 2.81. The van der Waals surface area contributed by atoms with Crippen molar-refractivity contribution in [2.24, 2.45) is 0 Å². The zero-order chi connectivity index (χ0) is 17.5. The lowest BCUT2D eigenvalue weighted by Crippen LogP contribution is -2.40. The van der Waals surface area contributed by atoms with E-state index in [-0.39, 0.29) is 12.5 Å². The number of aliphatic hydroxyl groups is 1. The van der Waals surface area contributed by atoms with E-state index in [9.17, 15) is 9.90 Å². The highest BCUT2D eigenvalue weighted by atomic mass is 16.3. The predicted molar refractivity (Wildman–Crippen MR) is 97.1 cm³/mol. The Hall–Kier alpha value is -2.11. The number of aliphatic hydroxyl groups excluding tert-OH is 1. The summed E-state index contributed by atoms with van der Waals surface area (Å²) in [5, 5.41) is 13.0. The minimum Gasteiger partial charge on any atom is -0.390 e. The van der Waals surface area contributed by atoms with Crippen molar-refractivity contribution < 1.29 is 9.90 Å². The van der Waals surface area contributed by atoms with E-state index in [0.717, 1.165) is 29.9 Å². The standard InChI is InChI=1S/C19H27N3O2/c1-4-22(5-2)13-16(23)11-21-19(24)18-14(3)20-12-17(18)15-9-7-6-8-10-15/h6-10,12,16,20,23H,4-5,11,13H2,1-3H3,(H,21,24). The largest absolute Gasteiger partial charge is 0.390 e. The van der Waals surface area contributed by atoms with Gasteiger partial charge in [0.15, 0.2) is 0 Å². The molecule has 0 aliphatic rings. The van der Waals surface area contributed by atoms with Crippen LogP contribution in [0.5, 0.6) is 0 Å². The molecule has 1 aromatic carbocycles. The third-order valence-corrected chi connectivity index (χ3v) is 4.25. The van der Waals surface area contributed by atoms with Crippen LogP contribution in [0.15, 0.2) is 36.5 Å². The molecule has 0 fully saturated rings. The van der Waals surface area contributed by atoms with Crippen LogP contribution in [0.4, 0.5) is 0 Å². The summed E-state index contributed by atoms with van der Waals surface area (Å²) in [6.45, 7) is 8.58. The first-order valence-electron chi connectivity index (χ1n) is 8.48. The van der Waals surface area contributed by atoms with Crippen LogP contribution in [-0.2, 0) is 0 Å². The van der Waals surface area contributed by atoms with Crippen LogP contribution >= 0.6 is 0 Å². The molecule has 0 aliphatic carbocycles.